The van der Waals surface area contributed by atoms with Crippen molar-refractivity contribution in [2.75, 3.05) is 12.4 Å². The van der Waals surface area contributed by atoms with Gasteiger partial charge in [-0.3, -0.25) is 0 Å². The van der Waals surface area contributed by atoms with Crippen molar-refractivity contribution in [3.8, 4) is 0 Å². The number of rotatable bonds is 4. The first-order valence-electron chi connectivity index (χ1n) is 5.28. The Morgan fingerprint density at radius 3 is 2.71 bits per heavy atom. The fraction of sp³-hybridized carbons (Fsp3) is 0.636. The van der Waals surface area contributed by atoms with Crippen molar-refractivity contribution in [3.05, 3.63) is 12.7 Å². The van der Waals surface area contributed by atoms with Gasteiger partial charge in [0.2, 0.25) is 0 Å². The SMILES string of the molecule is C=CC(=O)OCC(=O)OC1CSC(C)C(C)S1. The Morgan fingerprint density at radius 1 is 1.41 bits per heavy atom. The number of hydrogen-bond donors (Lipinski definition) is 0. The predicted octanol–water partition coefficient (Wildman–Crippen LogP) is 1.84. The molecule has 17 heavy (non-hydrogen) atoms. The summed E-state index contributed by atoms with van der Waals surface area (Å²) in [4.78, 5) is 22.1. The standard InChI is InChI=1S/C11H16O4S2/c1-4-9(12)14-5-10(13)15-11-6-16-7(2)8(3)17-11/h4,7-8,11H,1,5-6H2,2-3H3. The molecule has 0 aromatic heterocycles. The number of ether oxygens (including phenoxy) is 2. The Kier molecular flexibility index (Phi) is 5.91. The molecule has 3 atom stereocenters. The molecule has 1 heterocycles. The monoisotopic (exact) mass is 276 g/mol. The van der Waals surface area contributed by atoms with Gasteiger partial charge in [-0.2, -0.15) is 11.8 Å². The second-order valence-electron chi connectivity index (χ2n) is 3.61. The molecule has 0 aromatic carbocycles. The highest BCUT2D eigenvalue weighted by Gasteiger charge is 2.28. The zero-order chi connectivity index (χ0) is 12.8. The van der Waals surface area contributed by atoms with Crippen LogP contribution in [-0.4, -0.2) is 40.2 Å². The minimum atomic E-state index is -0.616. The fourth-order valence-electron chi connectivity index (χ4n) is 1.19. The summed E-state index contributed by atoms with van der Waals surface area (Å²) < 4.78 is 9.79. The number of esters is 2. The van der Waals surface area contributed by atoms with Gasteiger partial charge in [0.1, 0.15) is 0 Å². The summed E-state index contributed by atoms with van der Waals surface area (Å²) in [7, 11) is 0. The van der Waals surface area contributed by atoms with Crippen LogP contribution in [0.25, 0.3) is 0 Å². The normalized spacial score (nSPS) is 28.2. The van der Waals surface area contributed by atoms with E-state index in [1.165, 1.54) is 0 Å². The van der Waals surface area contributed by atoms with E-state index in [0.29, 0.717) is 10.5 Å². The van der Waals surface area contributed by atoms with E-state index in [2.05, 4.69) is 25.2 Å². The highest BCUT2D eigenvalue weighted by atomic mass is 32.2. The maximum atomic E-state index is 11.4. The lowest BCUT2D eigenvalue weighted by Crippen LogP contribution is -2.30. The molecule has 4 nitrogen and oxygen atoms in total. The summed E-state index contributed by atoms with van der Waals surface area (Å²) in [6, 6.07) is 0. The smallest absolute Gasteiger partial charge is 0.345 e. The molecule has 6 heteroatoms. The number of carbonyl (C=O) groups excluding carboxylic acids is 2. The van der Waals surface area contributed by atoms with Gasteiger partial charge >= 0.3 is 11.9 Å². The Labute approximate surface area is 109 Å². The van der Waals surface area contributed by atoms with Crippen molar-refractivity contribution in [2.24, 2.45) is 0 Å². The molecule has 0 bridgehead atoms. The van der Waals surface area contributed by atoms with Crippen molar-refractivity contribution in [3.63, 3.8) is 0 Å². The summed E-state index contributed by atoms with van der Waals surface area (Å²) in [6.45, 7) is 7.16. The molecule has 0 amide bonds. The van der Waals surface area contributed by atoms with Gasteiger partial charge < -0.3 is 9.47 Å². The van der Waals surface area contributed by atoms with Gasteiger partial charge in [-0.25, -0.2) is 9.59 Å². The van der Waals surface area contributed by atoms with Crippen molar-refractivity contribution in [1.29, 1.82) is 0 Å². The first-order valence-corrected chi connectivity index (χ1v) is 7.27. The first-order chi connectivity index (χ1) is 8.02. The van der Waals surface area contributed by atoms with E-state index in [1.807, 2.05) is 0 Å². The molecule has 1 aliphatic rings. The molecule has 0 N–H and O–H groups in total. The van der Waals surface area contributed by atoms with Crippen molar-refractivity contribution in [2.45, 2.75) is 29.8 Å². The average molecular weight is 276 g/mol. The van der Waals surface area contributed by atoms with Gasteiger partial charge in [0.15, 0.2) is 12.0 Å². The van der Waals surface area contributed by atoms with E-state index in [1.54, 1.807) is 23.5 Å². The van der Waals surface area contributed by atoms with Crippen LogP contribution in [0.15, 0.2) is 12.7 Å². The van der Waals surface area contributed by atoms with Gasteiger partial charge in [-0.15, -0.1) is 11.8 Å². The quantitative estimate of drug-likeness (QED) is 0.577. The topological polar surface area (TPSA) is 52.6 Å². The number of carbonyl (C=O) groups is 2. The molecule has 1 aliphatic heterocycles. The van der Waals surface area contributed by atoms with Crippen LogP contribution in [0.3, 0.4) is 0 Å². The summed E-state index contributed by atoms with van der Waals surface area (Å²) >= 11 is 3.42. The van der Waals surface area contributed by atoms with Gasteiger partial charge in [-0.1, -0.05) is 20.4 Å². The third kappa shape index (κ3) is 5.04. The largest absolute Gasteiger partial charge is 0.451 e. The molecule has 0 aliphatic carbocycles. The summed E-state index contributed by atoms with van der Waals surface area (Å²) in [5, 5.41) is 1.01. The minimum Gasteiger partial charge on any atom is -0.451 e. The van der Waals surface area contributed by atoms with E-state index in [4.69, 9.17) is 4.74 Å². The minimum absolute atomic E-state index is 0.152. The fourth-order valence-corrected chi connectivity index (χ4v) is 3.83. The zero-order valence-corrected chi connectivity index (χ0v) is 11.5. The molecule has 0 radical (unpaired) electrons. The summed E-state index contributed by atoms with van der Waals surface area (Å²) in [5.74, 6) is -0.355. The van der Waals surface area contributed by atoms with Crippen LogP contribution in [0.4, 0.5) is 0 Å². The van der Waals surface area contributed by atoms with E-state index < -0.39 is 11.9 Å². The van der Waals surface area contributed by atoms with Crippen LogP contribution in [0, 0.1) is 0 Å². The summed E-state index contributed by atoms with van der Waals surface area (Å²) in [6.07, 6.45) is 1.02. The van der Waals surface area contributed by atoms with Gasteiger partial charge in [0.25, 0.3) is 0 Å². The highest BCUT2D eigenvalue weighted by molar-refractivity contribution is 8.07. The molecule has 1 rings (SSSR count). The van der Waals surface area contributed by atoms with Gasteiger partial charge in [0.05, 0.1) is 0 Å². The van der Waals surface area contributed by atoms with Gasteiger partial charge in [-0.05, 0) is 0 Å². The van der Waals surface area contributed by atoms with E-state index in [0.717, 1.165) is 11.8 Å². The Bertz CT molecular complexity index is 306. The lowest BCUT2D eigenvalue weighted by molar-refractivity contribution is -0.156. The number of hydrogen-bond acceptors (Lipinski definition) is 6. The van der Waals surface area contributed by atoms with Crippen molar-refractivity contribution < 1.29 is 19.1 Å². The molecule has 0 spiro atoms. The lowest BCUT2D eigenvalue weighted by atomic mass is 10.4. The maximum absolute atomic E-state index is 11.4. The maximum Gasteiger partial charge on any atom is 0.345 e. The molecular formula is C11H16O4S2. The number of thioether (sulfide) groups is 2. The Hall–Kier alpha value is -0.620. The Morgan fingerprint density at radius 2 is 2.12 bits per heavy atom. The van der Waals surface area contributed by atoms with Gasteiger partial charge in [0, 0.05) is 22.3 Å². The second kappa shape index (κ2) is 6.96. The van der Waals surface area contributed by atoms with E-state index >= 15 is 0 Å². The molecule has 3 unspecified atom stereocenters. The molecule has 1 saturated heterocycles. The van der Waals surface area contributed by atoms with Crippen LogP contribution in [-0.2, 0) is 19.1 Å². The molecule has 96 valence electrons. The summed E-state index contributed by atoms with van der Waals surface area (Å²) in [5.41, 5.74) is -0.152. The van der Waals surface area contributed by atoms with E-state index in [9.17, 15) is 9.59 Å². The molecule has 0 saturated carbocycles. The lowest BCUT2D eigenvalue weighted by Gasteiger charge is -2.30. The Balaban J connectivity index is 2.27. The second-order valence-corrected chi connectivity index (χ2v) is 6.56. The third-order valence-electron chi connectivity index (χ3n) is 2.28. The average Bonchev–Trinajstić information content (AvgIpc) is 2.31. The molecule has 1 fully saturated rings. The molecular weight excluding hydrogens is 260 g/mol. The van der Waals surface area contributed by atoms with Crippen LogP contribution in [0.2, 0.25) is 0 Å². The van der Waals surface area contributed by atoms with E-state index in [-0.39, 0.29) is 12.0 Å². The van der Waals surface area contributed by atoms with Crippen molar-refractivity contribution >= 4 is 35.5 Å². The van der Waals surface area contributed by atoms with Crippen LogP contribution < -0.4 is 0 Å². The highest BCUT2D eigenvalue weighted by Crippen LogP contribution is 2.36. The zero-order valence-electron chi connectivity index (χ0n) is 9.88. The van der Waals surface area contributed by atoms with Crippen molar-refractivity contribution in [1.82, 2.24) is 0 Å². The predicted molar refractivity (Wildman–Crippen MR) is 70.0 cm³/mol. The molecule has 0 aromatic rings. The van der Waals surface area contributed by atoms with Crippen LogP contribution in [0.1, 0.15) is 13.8 Å². The van der Waals surface area contributed by atoms with Crippen LogP contribution in [0.5, 0.6) is 0 Å². The third-order valence-corrected chi connectivity index (χ3v) is 5.50. The van der Waals surface area contributed by atoms with Crippen LogP contribution >= 0.6 is 23.5 Å². The first kappa shape index (κ1) is 14.4.